The molecule has 1 fully saturated rings. The molecule has 1 aromatic heterocycles. The highest BCUT2D eigenvalue weighted by atomic mass is 16.5. The highest BCUT2D eigenvalue weighted by Crippen LogP contribution is 2.34. The van der Waals surface area contributed by atoms with Crippen LogP contribution in [0.5, 0.6) is 5.75 Å². The number of ether oxygens (including phenoxy) is 1. The zero-order chi connectivity index (χ0) is 23.3. The van der Waals surface area contributed by atoms with Gasteiger partial charge in [-0.05, 0) is 56.5 Å². The molecular weight excluding hydrogens is 385 g/mol. The van der Waals surface area contributed by atoms with Crippen molar-refractivity contribution in [2.75, 3.05) is 26.7 Å². The molecule has 0 bridgehead atoms. The van der Waals surface area contributed by atoms with E-state index in [1.807, 2.05) is 45.8 Å². The number of aromatic nitrogens is 1. The molecule has 1 saturated heterocycles. The lowest BCUT2D eigenvalue weighted by molar-refractivity contribution is 0.122. The molecule has 0 aliphatic carbocycles. The number of rotatable bonds is 5. The molecule has 0 spiro atoms. The van der Waals surface area contributed by atoms with E-state index in [1.54, 1.807) is 11.7 Å². The van der Waals surface area contributed by atoms with Crippen LogP contribution < -0.4 is 10.3 Å². The van der Waals surface area contributed by atoms with Crippen molar-refractivity contribution >= 4 is 7.98 Å². The second-order valence-corrected chi connectivity index (χ2v) is 8.19. The maximum Gasteiger partial charge on any atom is 0.253 e. The molecule has 1 aliphatic heterocycles. The van der Waals surface area contributed by atoms with Crippen molar-refractivity contribution in [2.24, 2.45) is 7.05 Å². The summed E-state index contributed by atoms with van der Waals surface area (Å²) in [5.74, 6) is 0.910. The predicted molar refractivity (Wildman–Crippen MR) is 131 cm³/mol. The van der Waals surface area contributed by atoms with Gasteiger partial charge in [-0.2, -0.15) is 0 Å². The van der Waals surface area contributed by atoms with Crippen LogP contribution >= 0.6 is 0 Å². The van der Waals surface area contributed by atoms with Crippen LogP contribution in [0.3, 0.4) is 0 Å². The average molecular weight is 423 g/mol. The molecular formula is C25H38BN3O2. The second-order valence-electron chi connectivity index (χ2n) is 8.19. The van der Waals surface area contributed by atoms with Gasteiger partial charge in [0.05, 0.1) is 7.11 Å². The van der Waals surface area contributed by atoms with Crippen molar-refractivity contribution in [2.45, 2.75) is 60.5 Å². The van der Waals surface area contributed by atoms with E-state index >= 15 is 0 Å². The quantitative estimate of drug-likeness (QED) is 0.685. The number of pyridine rings is 1. The Bertz CT molecular complexity index is 930. The van der Waals surface area contributed by atoms with Crippen molar-refractivity contribution in [3.63, 3.8) is 0 Å². The minimum Gasteiger partial charge on any atom is -0.496 e. The van der Waals surface area contributed by atoms with Gasteiger partial charge in [0.2, 0.25) is 0 Å². The summed E-state index contributed by atoms with van der Waals surface area (Å²) >= 11 is 0. The highest BCUT2D eigenvalue weighted by Gasteiger charge is 2.24. The molecule has 2 aromatic rings. The summed E-state index contributed by atoms with van der Waals surface area (Å²) in [7, 11) is 9.53. The topological polar surface area (TPSA) is 37.7 Å². The Morgan fingerprint density at radius 2 is 1.84 bits per heavy atom. The van der Waals surface area contributed by atoms with Gasteiger partial charge in [0.15, 0.2) is 7.98 Å². The van der Waals surface area contributed by atoms with E-state index in [1.165, 1.54) is 11.1 Å². The molecule has 0 amide bonds. The molecule has 1 atom stereocenters. The van der Waals surface area contributed by atoms with Crippen LogP contribution in [0, 0.1) is 13.8 Å². The Balaban J connectivity index is 0.00000166. The molecule has 5 nitrogen and oxygen atoms in total. The second kappa shape index (κ2) is 11.0. The van der Waals surface area contributed by atoms with Gasteiger partial charge < -0.3 is 14.1 Å². The fourth-order valence-electron chi connectivity index (χ4n) is 4.26. The molecule has 1 unspecified atom stereocenters. The SMILES string of the molecule is CC.[B]N1CCN(Cc2c(CC)cc(-c3cn(C)c(=O)c(C)c3C)cc2OC)C(C)C1. The number of nitrogens with zero attached hydrogens (tertiary/aromatic N) is 3. The molecule has 1 aromatic carbocycles. The number of benzene rings is 1. The lowest BCUT2D eigenvalue weighted by Gasteiger charge is -2.39. The Morgan fingerprint density at radius 3 is 2.42 bits per heavy atom. The van der Waals surface area contributed by atoms with Gasteiger partial charge in [-0.3, -0.25) is 9.69 Å². The fourth-order valence-corrected chi connectivity index (χ4v) is 4.26. The first-order chi connectivity index (χ1) is 14.8. The number of hydrogen-bond acceptors (Lipinski definition) is 4. The van der Waals surface area contributed by atoms with Crippen molar-refractivity contribution in [1.29, 1.82) is 0 Å². The third-order valence-corrected chi connectivity index (χ3v) is 6.30. The standard InChI is InChI=1S/C23H32BN3O2.C2H6/c1-7-18-10-19(20-13-25(5)23(28)17(4)16(20)3)11-22(29-6)21(18)14-26-8-9-27(24)12-15(26)2;1-2/h10-11,13,15H,7-9,12,14H2,1-6H3;1-2H3. The molecule has 1 aliphatic rings. The Kier molecular flexibility index (Phi) is 8.95. The van der Waals surface area contributed by atoms with Crippen LogP contribution in [0.4, 0.5) is 0 Å². The summed E-state index contributed by atoms with van der Waals surface area (Å²) < 4.78 is 7.51. The fraction of sp³-hybridized carbons (Fsp3) is 0.560. The third-order valence-electron chi connectivity index (χ3n) is 6.30. The minimum absolute atomic E-state index is 0.0542. The predicted octanol–water partition coefficient (Wildman–Crippen LogP) is 3.86. The van der Waals surface area contributed by atoms with Crippen LogP contribution in [0.15, 0.2) is 23.1 Å². The summed E-state index contributed by atoms with van der Waals surface area (Å²) in [4.78, 5) is 16.6. The zero-order valence-corrected chi connectivity index (χ0v) is 20.6. The van der Waals surface area contributed by atoms with E-state index in [4.69, 9.17) is 12.7 Å². The first kappa shape index (κ1) is 25.2. The first-order valence-electron chi connectivity index (χ1n) is 11.4. The van der Waals surface area contributed by atoms with Gasteiger partial charge in [-0.1, -0.05) is 26.8 Å². The largest absolute Gasteiger partial charge is 0.496 e. The van der Waals surface area contributed by atoms with Crippen molar-refractivity contribution < 1.29 is 4.74 Å². The van der Waals surface area contributed by atoms with Crippen LogP contribution in [-0.2, 0) is 20.0 Å². The highest BCUT2D eigenvalue weighted by molar-refractivity contribution is 6.04. The first-order valence-corrected chi connectivity index (χ1v) is 11.4. The van der Waals surface area contributed by atoms with E-state index in [0.717, 1.165) is 60.6 Å². The van der Waals surface area contributed by atoms with Gasteiger partial charge in [0.25, 0.3) is 5.56 Å². The van der Waals surface area contributed by atoms with Gasteiger partial charge in [-0.15, -0.1) is 0 Å². The van der Waals surface area contributed by atoms with E-state index in [2.05, 4.69) is 30.9 Å². The molecule has 3 rings (SSSR count). The maximum absolute atomic E-state index is 12.3. The lowest BCUT2D eigenvalue weighted by Crippen LogP contribution is -2.50. The molecule has 2 radical (unpaired) electrons. The smallest absolute Gasteiger partial charge is 0.253 e. The molecule has 6 heteroatoms. The molecule has 0 saturated carbocycles. The van der Waals surface area contributed by atoms with Gasteiger partial charge >= 0.3 is 0 Å². The normalized spacial score (nSPS) is 17.2. The summed E-state index contributed by atoms with van der Waals surface area (Å²) in [6.45, 7) is 15.9. The summed E-state index contributed by atoms with van der Waals surface area (Å²) in [6, 6.07) is 4.77. The summed E-state index contributed by atoms with van der Waals surface area (Å²) in [6.07, 6.45) is 2.86. The third kappa shape index (κ3) is 5.42. The van der Waals surface area contributed by atoms with Gasteiger partial charge in [0, 0.05) is 55.6 Å². The van der Waals surface area contributed by atoms with Gasteiger partial charge in [0.1, 0.15) is 5.75 Å². The molecule has 0 N–H and O–H groups in total. The number of hydrogen-bond donors (Lipinski definition) is 0. The molecule has 2 heterocycles. The van der Waals surface area contributed by atoms with Gasteiger partial charge in [-0.25, -0.2) is 0 Å². The summed E-state index contributed by atoms with van der Waals surface area (Å²) in [5, 5.41) is 0. The van der Waals surface area contributed by atoms with Crippen LogP contribution in [0.2, 0.25) is 0 Å². The van der Waals surface area contributed by atoms with Crippen molar-refractivity contribution in [1.82, 2.24) is 14.3 Å². The summed E-state index contributed by atoms with van der Waals surface area (Å²) in [5.41, 5.74) is 6.58. The number of piperazine rings is 1. The van der Waals surface area contributed by atoms with Crippen LogP contribution in [0.1, 0.15) is 49.9 Å². The van der Waals surface area contributed by atoms with E-state index in [0.29, 0.717) is 6.04 Å². The van der Waals surface area contributed by atoms with Crippen molar-refractivity contribution in [3.05, 3.63) is 50.9 Å². The zero-order valence-electron chi connectivity index (χ0n) is 20.6. The van der Waals surface area contributed by atoms with Crippen LogP contribution in [-0.4, -0.2) is 55.0 Å². The maximum atomic E-state index is 12.3. The van der Waals surface area contributed by atoms with Crippen LogP contribution in [0.25, 0.3) is 11.1 Å². The average Bonchev–Trinajstić information content (AvgIpc) is 2.77. The number of aryl methyl sites for hydroxylation is 2. The Morgan fingerprint density at radius 1 is 1.16 bits per heavy atom. The lowest BCUT2D eigenvalue weighted by atomic mass is 9.93. The van der Waals surface area contributed by atoms with E-state index in [9.17, 15) is 4.79 Å². The van der Waals surface area contributed by atoms with E-state index < -0.39 is 0 Å². The minimum atomic E-state index is 0.0542. The molecule has 31 heavy (non-hydrogen) atoms. The van der Waals surface area contributed by atoms with E-state index in [-0.39, 0.29) is 5.56 Å². The Hall–Kier alpha value is -2.05. The molecule has 168 valence electrons. The number of methoxy groups -OCH3 is 1. The van der Waals surface area contributed by atoms with Crippen molar-refractivity contribution in [3.8, 4) is 16.9 Å². The monoisotopic (exact) mass is 423 g/mol. The Labute approximate surface area is 189 Å².